The summed E-state index contributed by atoms with van der Waals surface area (Å²) in [7, 11) is 4.08. The van der Waals surface area contributed by atoms with Gasteiger partial charge < -0.3 is 9.64 Å². The van der Waals surface area contributed by atoms with Crippen molar-refractivity contribution in [3.05, 3.63) is 41.2 Å². The number of anilines is 1. The van der Waals surface area contributed by atoms with Crippen molar-refractivity contribution in [3.8, 4) is 0 Å². The summed E-state index contributed by atoms with van der Waals surface area (Å²) in [4.78, 5) is 2.13. The van der Waals surface area contributed by atoms with Crippen molar-refractivity contribution in [2.75, 3.05) is 18.6 Å². The van der Waals surface area contributed by atoms with Crippen molar-refractivity contribution in [2.24, 2.45) is 7.05 Å². The molecule has 2 aromatic rings. The summed E-state index contributed by atoms with van der Waals surface area (Å²) < 4.78 is 7.89. The van der Waals surface area contributed by atoms with E-state index >= 15 is 0 Å². The smallest absolute Gasteiger partial charge is 0.227 e. The highest BCUT2D eigenvalue weighted by atomic mass is 16.5. The lowest BCUT2D eigenvalue weighted by molar-refractivity contribution is 0.00770. The second-order valence-corrected chi connectivity index (χ2v) is 6.12. The highest BCUT2D eigenvalue weighted by Gasteiger charge is 2.23. The fourth-order valence-electron chi connectivity index (χ4n) is 3.04. The number of rotatable bonds is 4. The van der Waals surface area contributed by atoms with Gasteiger partial charge in [-0.3, -0.25) is 4.57 Å². The second-order valence-electron chi connectivity index (χ2n) is 6.12. The molecule has 5 nitrogen and oxygen atoms in total. The summed E-state index contributed by atoms with van der Waals surface area (Å²) in [6, 6.07) is 8.56. The summed E-state index contributed by atoms with van der Waals surface area (Å²) in [6.45, 7) is 3.76. The first-order chi connectivity index (χ1) is 10.6. The Kier molecular flexibility index (Phi) is 4.43. The summed E-state index contributed by atoms with van der Waals surface area (Å²) in [5.74, 6) is 1.82. The lowest BCUT2D eigenvalue weighted by Crippen LogP contribution is -2.21. The molecule has 0 radical (unpaired) electrons. The van der Waals surface area contributed by atoms with Crippen LogP contribution < -0.4 is 4.90 Å². The first kappa shape index (κ1) is 15.0. The zero-order valence-corrected chi connectivity index (χ0v) is 13.6. The lowest BCUT2D eigenvalue weighted by atomic mass is 10.1. The second kappa shape index (κ2) is 6.48. The zero-order valence-electron chi connectivity index (χ0n) is 13.6. The molecule has 0 N–H and O–H groups in total. The molecule has 1 aliphatic heterocycles. The van der Waals surface area contributed by atoms with Crippen molar-refractivity contribution in [1.82, 2.24) is 14.8 Å². The summed E-state index contributed by atoms with van der Waals surface area (Å²) in [5.41, 5.74) is 2.56. The van der Waals surface area contributed by atoms with E-state index in [4.69, 9.17) is 4.74 Å². The van der Waals surface area contributed by atoms with E-state index in [1.54, 1.807) is 0 Å². The molecule has 5 heteroatoms. The molecule has 22 heavy (non-hydrogen) atoms. The van der Waals surface area contributed by atoms with Gasteiger partial charge in [-0.05, 0) is 31.7 Å². The minimum Gasteiger partial charge on any atom is -0.370 e. The summed E-state index contributed by atoms with van der Waals surface area (Å²) in [5, 5.41) is 8.73. The van der Waals surface area contributed by atoms with Gasteiger partial charge in [0.15, 0.2) is 5.82 Å². The molecule has 1 aliphatic rings. The van der Waals surface area contributed by atoms with Crippen LogP contribution in [0.25, 0.3) is 0 Å². The average Bonchev–Trinajstić information content (AvgIpc) is 2.90. The first-order valence-electron chi connectivity index (χ1n) is 7.92. The molecule has 0 aliphatic carbocycles. The van der Waals surface area contributed by atoms with Crippen molar-refractivity contribution < 1.29 is 4.74 Å². The average molecular weight is 300 g/mol. The number of benzene rings is 1. The van der Waals surface area contributed by atoms with Gasteiger partial charge in [0.25, 0.3) is 0 Å². The van der Waals surface area contributed by atoms with Crippen molar-refractivity contribution in [1.29, 1.82) is 0 Å². The van der Waals surface area contributed by atoms with Gasteiger partial charge in [0.2, 0.25) is 5.95 Å². The maximum absolute atomic E-state index is 5.83. The van der Waals surface area contributed by atoms with Gasteiger partial charge in [-0.1, -0.05) is 29.8 Å². The third-order valence-corrected chi connectivity index (χ3v) is 4.20. The van der Waals surface area contributed by atoms with Crippen LogP contribution in [0.4, 0.5) is 5.95 Å². The molecule has 0 bridgehead atoms. The SMILES string of the molecule is Cc1cccc(CN(C)c2nnc(C3CCCCO3)n2C)c1. The van der Waals surface area contributed by atoms with Gasteiger partial charge in [-0.25, -0.2) is 0 Å². The Labute approximate surface area is 131 Å². The standard InChI is InChI=1S/C17H24N4O/c1-13-7-6-8-14(11-13)12-20(2)17-19-18-16(21(17)3)15-9-4-5-10-22-15/h6-8,11,15H,4-5,9-10,12H2,1-3H3. The largest absolute Gasteiger partial charge is 0.370 e. The number of hydrogen-bond donors (Lipinski definition) is 0. The van der Waals surface area contributed by atoms with Crippen molar-refractivity contribution in [2.45, 2.75) is 38.8 Å². The van der Waals surface area contributed by atoms with E-state index in [0.717, 1.165) is 37.8 Å². The Morgan fingerprint density at radius 3 is 2.91 bits per heavy atom. The van der Waals surface area contributed by atoms with Gasteiger partial charge >= 0.3 is 0 Å². The van der Waals surface area contributed by atoms with Crippen molar-refractivity contribution >= 4 is 5.95 Å². The number of hydrogen-bond acceptors (Lipinski definition) is 4. The van der Waals surface area contributed by atoms with E-state index in [1.165, 1.54) is 17.5 Å². The van der Waals surface area contributed by atoms with E-state index in [1.807, 2.05) is 7.05 Å². The summed E-state index contributed by atoms with van der Waals surface area (Å²) >= 11 is 0. The Balaban J connectivity index is 1.75. The normalized spacial score (nSPS) is 18.4. The molecule has 118 valence electrons. The van der Waals surface area contributed by atoms with Gasteiger partial charge in [0.1, 0.15) is 6.10 Å². The maximum atomic E-state index is 5.83. The van der Waals surface area contributed by atoms with Crippen LogP contribution in [0.3, 0.4) is 0 Å². The fourth-order valence-corrected chi connectivity index (χ4v) is 3.04. The predicted octanol–water partition coefficient (Wildman–Crippen LogP) is 3.00. The maximum Gasteiger partial charge on any atom is 0.227 e. The predicted molar refractivity (Wildman–Crippen MR) is 86.8 cm³/mol. The van der Waals surface area contributed by atoms with Crippen LogP contribution >= 0.6 is 0 Å². The minimum atomic E-state index is 0.0902. The molecule has 1 aromatic carbocycles. The van der Waals surface area contributed by atoms with Crippen LogP contribution in [-0.4, -0.2) is 28.4 Å². The van der Waals surface area contributed by atoms with E-state index < -0.39 is 0 Å². The minimum absolute atomic E-state index is 0.0902. The van der Waals surface area contributed by atoms with Crippen LogP contribution in [0.2, 0.25) is 0 Å². The van der Waals surface area contributed by atoms with E-state index in [0.29, 0.717) is 0 Å². The van der Waals surface area contributed by atoms with E-state index in [-0.39, 0.29) is 6.10 Å². The molecular weight excluding hydrogens is 276 g/mol. The molecule has 2 heterocycles. The highest BCUT2D eigenvalue weighted by Crippen LogP contribution is 2.28. The zero-order chi connectivity index (χ0) is 15.5. The Morgan fingerprint density at radius 2 is 2.18 bits per heavy atom. The third kappa shape index (κ3) is 3.14. The topological polar surface area (TPSA) is 43.2 Å². The van der Waals surface area contributed by atoms with Crippen LogP contribution in [0.5, 0.6) is 0 Å². The van der Waals surface area contributed by atoms with Gasteiger partial charge in [0.05, 0.1) is 0 Å². The molecule has 0 spiro atoms. The number of nitrogens with zero attached hydrogens (tertiary/aromatic N) is 4. The molecule has 0 amide bonds. The van der Waals surface area contributed by atoms with Gasteiger partial charge in [-0.15, -0.1) is 10.2 Å². The molecule has 1 aromatic heterocycles. The fraction of sp³-hybridized carbons (Fsp3) is 0.529. The quantitative estimate of drug-likeness (QED) is 0.870. The number of aromatic nitrogens is 3. The Hall–Kier alpha value is -1.88. The Bertz CT molecular complexity index is 631. The van der Waals surface area contributed by atoms with E-state index in [2.05, 4.69) is 57.9 Å². The number of aryl methyl sites for hydroxylation is 1. The van der Waals surface area contributed by atoms with E-state index in [9.17, 15) is 0 Å². The molecule has 1 unspecified atom stereocenters. The molecule has 1 fully saturated rings. The third-order valence-electron chi connectivity index (χ3n) is 4.20. The molecule has 0 saturated carbocycles. The molecule has 1 atom stereocenters. The molecule has 1 saturated heterocycles. The van der Waals surface area contributed by atoms with Gasteiger partial charge in [0, 0.05) is 27.2 Å². The van der Waals surface area contributed by atoms with Crippen LogP contribution in [0.1, 0.15) is 42.3 Å². The first-order valence-corrected chi connectivity index (χ1v) is 7.92. The highest BCUT2D eigenvalue weighted by molar-refractivity contribution is 5.33. The van der Waals surface area contributed by atoms with Crippen molar-refractivity contribution in [3.63, 3.8) is 0 Å². The van der Waals surface area contributed by atoms with Crippen LogP contribution in [-0.2, 0) is 18.3 Å². The monoisotopic (exact) mass is 300 g/mol. The van der Waals surface area contributed by atoms with Crippen LogP contribution in [0, 0.1) is 6.92 Å². The lowest BCUT2D eigenvalue weighted by Gasteiger charge is -2.23. The molecular formula is C17H24N4O. The Morgan fingerprint density at radius 1 is 1.32 bits per heavy atom. The molecule has 3 rings (SSSR count). The van der Waals surface area contributed by atoms with Crippen LogP contribution in [0.15, 0.2) is 24.3 Å². The summed E-state index contributed by atoms with van der Waals surface area (Å²) in [6.07, 6.45) is 3.47. The van der Waals surface area contributed by atoms with Gasteiger partial charge in [-0.2, -0.15) is 0 Å². The number of ether oxygens (including phenoxy) is 1.